The Morgan fingerprint density at radius 2 is 2.05 bits per heavy atom. The van der Waals surface area contributed by atoms with E-state index < -0.39 is 0 Å². The van der Waals surface area contributed by atoms with E-state index in [0.29, 0.717) is 10.9 Å². The average Bonchev–Trinajstić information content (AvgIpc) is 2.83. The number of hydrogen-bond donors (Lipinski definition) is 0. The fraction of sp³-hybridized carbons (Fsp3) is 0.200. The number of hydrogen-bond acceptors (Lipinski definition) is 2. The number of halogens is 2. The Hall–Kier alpha value is -1.58. The SMILES string of the molecule is ClCc1nc2ccc(Cl)cc2n1CCc1ccccn1. The summed E-state index contributed by atoms with van der Waals surface area (Å²) in [5.41, 5.74) is 2.99. The van der Waals surface area contributed by atoms with Gasteiger partial charge in [-0.1, -0.05) is 17.7 Å². The number of imidazole rings is 1. The third kappa shape index (κ3) is 2.65. The van der Waals surface area contributed by atoms with Crippen molar-refractivity contribution < 1.29 is 0 Å². The van der Waals surface area contributed by atoms with E-state index in [1.165, 1.54) is 0 Å². The van der Waals surface area contributed by atoms with E-state index in [0.717, 1.165) is 35.5 Å². The van der Waals surface area contributed by atoms with Gasteiger partial charge < -0.3 is 4.57 Å². The van der Waals surface area contributed by atoms with Gasteiger partial charge in [-0.25, -0.2) is 4.98 Å². The monoisotopic (exact) mass is 305 g/mol. The van der Waals surface area contributed by atoms with Crippen molar-refractivity contribution in [3.05, 3.63) is 59.1 Å². The highest BCUT2D eigenvalue weighted by Crippen LogP contribution is 2.22. The van der Waals surface area contributed by atoms with Gasteiger partial charge in [0.2, 0.25) is 0 Å². The molecule has 0 aliphatic carbocycles. The van der Waals surface area contributed by atoms with Gasteiger partial charge in [0.25, 0.3) is 0 Å². The Morgan fingerprint density at radius 1 is 1.15 bits per heavy atom. The molecule has 0 fully saturated rings. The van der Waals surface area contributed by atoms with E-state index in [1.54, 1.807) is 6.20 Å². The first-order valence-electron chi connectivity index (χ1n) is 6.38. The summed E-state index contributed by atoms with van der Waals surface area (Å²) in [4.78, 5) is 8.88. The second-order valence-corrected chi connectivity index (χ2v) is 5.22. The maximum Gasteiger partial charge on any atom is 0.124 e. The molecule has 102 valence electrons. The molecule has 5 heteroatoms. The maximum atomic E-state index is 6.07. The Balaban J connectivity index is 1.95. The van der Waals surface area contributed by atoms with E-state index in [1.807, 2.05) is 36.4 Å². The highest BCUT2D eigenvalue weighted by molar-refractivity contribution is 6.31. The molecule has 3 nitrogen and oxygen atoms in total. The molecule has 0 saturated heterocycles. The molecule has 0 bridgehead atoms. The van der Waals surface area contributed by atoms with Crippen molar-refractivity contribution in [1.82, 2.24) is 14.5 Å². The molecule has 0 saturated carbocycles. The van der Waals surface area contributed by atoms with Crippen molar-refractivity contribution in [3.63, 3.8) is 0 Å². The van der Waals surface area contributed by atoms with Crippen molar-refractivity contribution in [1.29, 1.82) is 0 Å². The van der Waals surface area contributed by atoms with Gasteiger partial charge in [-0.05, 0) is 30.3 Å². The van der Waals surface area contributed by atoms with E-state index in [9.17, 15) is 0 Å². The molecule has 3 rings (SSSR count). The molecule has 0 aliphatic rings. The molecule has 0 unspecified atom stereocenters. The van der Waals surface area contributed by atoms with Crippen molar-refractivity contribution in [2.24, 2.45) is 0 Å². The first kappa shape index (κ1) is 13.4. The highest BCUT2D eigenvalue weighted by atomic mass is 35.5. The Labute approximate surface area is 127 Å². The number of aryl methyl sites for hydroxylation is 2. The molecule has 0 atom stereocenters. The van der Waals surface area contributed by atoms with Crippen LogP contribution in [0.15, 0.2) is 42.6 Å². The second-order valence-electron chi connectivity index (χ2n) is 4.52. The minimum atomic E-state index is 0.383. The van der Waals surface area contributed by atoms with Crippen molar-refractivity contribution in [2.45, 2.75) is 18.8 Å². The first-order chi connectivity index (χ1) is 9.78. The largest absolute Gasteiger partial charge is 0.327 e. The van der Waals surface area contributed by atoms with Crippen LogP contribution >= 0.6 is 23.2 Å². The van der Waals surface area contributed by atoms with Gasteiger partial charge in [0.15, 0.2) is 0 Å². The van der Waals surface area contributed by atoms with Crippen LogP contribution in [-0.4, -0.2) is 14.5 Å². The van der Waals surface area contributed by atoms with Crippen LogP contribution < -0.4 is 0 Å². The minimum Gasteiger partial charge on any atom is -0.327 e. The van der Waals surface area contributed by atoms with Gasteiger partial charge in [0.1, 0.15) is 5.82 Å². The molecular weight excluding hydrogens is 293 g/mol. The van der Waals surface area contributed by atoms with Crippen LogP contribution in [0.4, 0.5) is 0 Å². The Bertz CT molecular complexity index is 723. The lowest BCUT2D eigenvalue weighted by Crippen LogP contribution is -2.05. The van der Waals surface area contributed by atoms with E-state index in [4.69, 9.17) is 23.2 Å². The van der Waals surface area contributed by atoms with Gasteiger partial charge in [-0.3, -0.25) is 4.98 Å². The molecule has 2 heterocycles. The lowest BCUT2D eigenvalue weighted by Gasteiger charge is -2.07. The van der Waals surface area contributed by atoms with Gasteiger partial charge in [0.05, 0.1) is 16.9 Å². The topological polar surface area (TPSA) is 30.7 Å². The summed E-state index contributed by atoms with van der Waals surface area (Å²) in [6.07, 6.45) is 2.64. The van der Waals surface area contributed by atoms with E-state index in [2.05, 4.69) is 14.5 Å². The molecule has 0 amide bonds. The van der Waals surface area contributed by atoms with Gasteiger partial charge in [-0.2, -0.15) is 0 Å². The number of benzene rings is 1. The molecule has 2 aromatic heterocycles. The van der Waals surface area contributed by atoms with Crippen LogP contribution in [-0.2, 0) is 18.8 Å². The van der Waals surface area contributed by atoms with Crippen LogP contribution in [0.3, 0.4) is 0 Å². The smallest absolute Gasteiger partial charge is 0.124 e. The molecule has 1 aromatic carbocycles. The van der Waals surface area contributed by atoms with Crippen molar-refractivity contribution in [2.75, 3.05) is 0 Å². The number of fused-ring (bicyclic) bond motifs is 1. The molecule has 0 aliphatic heterocycles. The number of rotatable bonds is 4. The zero-order valence-corrected chi connectivity index (χ0v) is 12.3. The summed E-state index contributed by atoms with van der Waals surface area (Å²) in [6.45, 7) is 0.788. The lowest BCUT2D eigenvalue weighted by molar-refractivity contribution is 0.678. The number of pyridine rings is 1. The van der Waals surface area contributed by atoms with Crippen molar-refractivity contribution in [3.8, 4) is 0 Å². The Kier molecular flexibility index (Phi) is 3.90. The number of aromatic nitrogens is 3. The molecule has 0 N–H and O–H groups in total. The molecule has 20 heavy (non-hydrogen) atoms. The van der Waals surface area contributed by atoms with E-state index >= 15 is 0 Å². The first-order valence-corrected chi connectivity index (χ1v) is 7.30. The van der Waals surface area contributed by atoms with Crippen LogP contribution in [0.25, 0.3) is 11.0 Å². The highest BCUT2D eigenvalue weighted by Gasteiger charge is 2.10. The fourth-order valence-electron chi connectivity index (χ4n) is 2.27. The summed E-state index contributed by atoms with van der Waals surface area (Å²) in [5.74, 6) is 1.24. The molecule has 3 aromatic rings. The average molecular weight is 306 g/mol. The fourth-order valence-corrected chi connectivity index (χ4v) is 2.64. The van der Waals surface area contributed by atoms with Crippen LogP contribution in [0, 0.1) is 0 Å². The summed E-state index contributed by atoms with van der Waals surface area (Å²) in [7, 11) is 0. The summed E-state index contributed by atoms with van der Waals surface area (Å²) in [5, 5.41) is 0.706. The summed E-state index contributed by atoms with van der Waals surface area (Å²) in [6, 6.07) is 11.6. The third-order valence-corrected chi connectivity index (χ3v) is 3.70. The zero-order chi connectivity index (χ0) is 13.9. The Morgan fingerprint density at radius 3 is 2.80 bits per heavy atom. The quantitative estimate of drug-likeness (QED) is 0.680. The maximum absolute atomic E-state index is 6.07. The van der Waals surface area contributed by atoms with Gasteiger partial charge in [0, 0.05) is 29.9 Å². The van der Waals surface area contributed by atoms with Gasteiger partial charge in [-0.15, -0.1) is 11.6 Å². The predicted octanol–water partition coefficient (Wildman–Crippen LogP) is 4.07. The van der Waals surface area contributed by atoms with Crippen molar-refractivity contribution >= 4 is 34.2 Å². The van der Waals surface area contributed by atoms with Crippen LogP contribution in [0.5, 0.6) is 0 Å². The predicted molar refractivity (Wildman–Crippen MR) is 82.2 cm³/mol. The third-order valence-electron chi connectivity index (χ3n) is 3.23. The number of alkyl halides is 1. The standard InChI is InChI=1S/C15H13Cl2N3/c16-10-15-19-13-5-4-11(17)9-14(13)20(15)8-6-12-3-1-2-7-18-12/h1-5,7,9H,6,8,10H2. The van der Waals surface area contributed by atoms with Gasteiger partial charge >= 0.3 is 0 Å². The normalized spacial score (nSPS) is 11.1. The summed E-state index contributed by atoms with van der Waals surface area (Å²) < 4.78 is 2.11. The summed E-state index contributed by atoms with van der Waals surface area (Å²) >= 11 is 12.1. The minimum absolute atomic E-state index is 0.383. The number of nitrogens with zero attached hydrogens (tertiary/aromatic N) is 3. The lowest BCUT2D eigenvalue weighted by atomic mass is 10.2. The van der Waals surface area contributed by atoms with Crippen LogP contribution in [0.1, 0.15) is 11.5 Å². The van der Waals surface area contributed by atoms with Crippen LogP contribution in [0.2, 0.25) is 5.02 Å². The zero-order valence-electron chi connectivity index (χ0n) is 10.8. The van der Waals surface area contributed by atoms with E-state index in [-0.39, 0.29) is 0 Å². The molecule has 0 spiro atoms. The second kappa shape index (κ2) is 5.81. The molecule has 0 radical (unpaired) electrons. The molecular formula is C15H13Cl2N3.